The summed E-state index contributed by atoms with van der Waals surface area (Å²) in [7, 11) is 0. The summed E-state index contributed by atoms with van der Waals surface area (Å²) in [5.41, 5.74) is 8.75. The van der Waals surface area contributed by atoms with Crippen LogP contribution in [0.15, 0.2) is 18.2 Å². The van der Waals surface area contributed by atoms with Gasteiger partial charge in [-0.2, -0.15) is 0 Å². The van der Waals surface area contributed by atoms with E-state index in [4.69, 9.17) is 10.5 Å². The maximum absolute atomic E-state index is 12.6. The maximum atomic E-state index is 12.6. The monoisotopic (exact) mass is 260 g/mol. The molecular weight excluding hydrogens is 240 g/mol. The van der Waals surface area contributed by atoms with Crippen molar-refractivity contribution in [3.05, 3.63) is 23.8 Å². The second kappa shape index (κ2) is 5.21. The molecule has 0 radical (unpaired) electrons. The Bertz CT molecular complexity index is 481. The van der Waals surface area contributed by atoms with Crippen molar-refractivity contribution < 1.29 is 9.53 Å². The van der Waals surface area contributed by atoms with Crippen LogP contribution in [0.25, 0.3) is 0 Å². The van der Waals surface area contributed by atoms with Crippen molar-refractivity contribution in [2.45, 2.75) is 38.2 Å². The number of fused-ring (bicyclic) bond motifs is 1. The predicted molar refractivity (Wildman–Crippen MR) is 75.1 cm³/mol. The highest BCUT2D eigenvalue weighted by Crippen LogP contribution is 2.30. The third-order valence-corrected chi connectivity index (χ3v) is 3.95. The minimum absolute atomic E-state index is 0.103. The number of hydrogen-bond acceptors (Lipinski definition) is 3. The van der Waals surface area contributed by atoms with E-state index in [2.05, 4.69) is 0 Å². The topological polar surface area (TPSA) is 55.6 Å². The first kappa shape index (κ1) is 12.5. The Morgan fingerprint density at radius 1 is 1.32 bits per heavy atom. The van der Waals surface area contributed by atoms with Crippen LogP contribution in [0.5, 0.6) is 0 Å². The molecule has 102 valence electrons. The molecular formula is C15H20N2O2. The Kier molecular flexibility index (Phi) is 3.42. The number of carbonyl (C=O) groups excluding carboxylic acids is 1. The van der Waals surface area contributed by atoms with Crippen LogP contribution in [0.3, 0.4) is 0 Å². The SMILES string of the molecule is Nc1ccc2c(c1)N(C(=O)C1CCCCO1)CCC2. The summed E-state index contributed by atoms with van der Waals surface area (Å²) in [4.78, 5) is 14.5. The number of benzene rings is 1. The Morgan fingerprint density at radius 3 is 3.00 bits per heavy atom. The summed E-state index contributed by atoms with van der Waals surface area (Å²) in [5, 5.41) is 0. The summed E-state index contributed by atoms with van der Waals surface area (Å²) < 4.78 is 5.62. The standard InChI is InChI=1S/C15H20N2O2/c16-12-7-6-11-4-3-8-17(13(11)10-12)15(18)14-5-1-2-9-19-14/h6-7,10,14H,1-5,8-9,16H2. The molecule has 1 unspecified atom stereocenters. The van der Waals surface area contributed by atoms with E-state index in [1.54, 1.807) is 0 Å². The average molecular weight is 260 g/mol. The molecule has 0 saturated carbocycles. The lowest BCUT2D eigenvalue weighted by Gasteiger charge is -2.33. The van der Waals surface area contributed by atoms with Gasteiger partial charge in [-0.1, -0.05) is 6.07 Å². The summed E-state index contributed by atoms with van der Waals surface area (Å²) in [5.74, 6) is 0.103. The van der Waals surface area contributed by atoms with Gasteiger partial charge in [-0.3, -0.25) is 4.79 Å². The van der Waals surface area contributed by atoms with E-state index in [1.807, 2.05) is 23.1 Å². The molecule has 1 amide bonds. The normalized spacial score (nSPS) is 22.9. The smallest absolute Gasteiger partial charge is 0.256 e. The highest BCUT2D eigenvalue weighted by atomic mass is 16.5. The van der Waals surface area contributed by atoms with E-state index in [9.17, 15) is 4.79 Å². The Balaban J connectivity index is 1.86. The number of anilines is 2. The zero-order valence-electron chi connectivity index (χ0n) is 11.1. The van der Waals surface area contributed by atoms with Crippen LogP contribution in [-0.4, -0.2) is 25.2 Å². The van der Waals surface area contributed by atoms with Crippen LogP contribution in [0, 0.1) is 0 Å². The molecule has 0 spiro atoms. The quantitative estimate of drug-likeness (QED) is 0.787. The summed E-state index contributed by atoms with van der Waals surface area (Å²) in [6.07, 6.45) is 4.75. The number of carbonyl (C=O) groups is 1. The number of ether oxygens (including phenoxy) is 1. The van der Waals surface area contributed by atoms with Gasteiger partial charge in [0.2, 0.25) is 0 Å². The first-order valence-electron chi connectivity index (χ1n) is 7.07. The molecule has 1 aromatic carbocycles. The number of aryl methyl sites for hydroxylation is 1. The molecule has 0 bridgehead atoms. The van der Waals surface area contributed by atoms with Crippen molar-refractivity contribution in [2.75, 3.05) is 23.8 Å². The average Bonchev–Trinajstić information content (AvgIpc) is 2.47. The third kappa shape index (κ3) is 2.45. The number of nitrogens with two attached hydrogens (primary N) is 1. The van der Waals surface area contributed by atoms with Crippen molar-refractivity contribution in [2.24, 2.45) is 0 Å². The Morgan fingerprint density at radius 2 is 2.21 bits per heavy atom. The van der Waals surface area contributed by atoms with Crippen LogP contribution in [-0.2, 0) is 16.0 Å². The van der Waals surface area contributed by atoms with E-state index in [0.29, 0.717) is 12.3 Å². The molecule has 2 N–H and O–H groups in total. The zero-order valence-corrected chi connectivity index (χ0v) is 11.1. The first-order valence-corrected chi connectivity index (χ1v) is 7.07. The second-order valence-electron chi connectivity index (χ2n) is 5.34. The number of nitrogen functional groups attached to an aromatic ring is 1. The summed E-state index contributed by atoms with van der Waals surface area (Å²) in [6.45, 7) is 1.48. The van der Waals surface area contributed by atoms with E-state index in [1.165, 1.54) is 5.56 Å². The highest BCUT2D eigenvalue weighted by molar-refractivity contribution is 5.98. The number of nitrogens with zero attached hydrogens (tertiary/aromatic N) is 1. The van der Waals surface area contributed by atoms with Gasteiger partial charge in [-0.15, -0.1) is 0 Å². The lowest BCUT2D eigenvalue weighted by molar-refractivity contribution is -0.132. The van der Waals surface area contributed by atoms with E-state index in [0.717, 1.165) is 44.3 Å². The molecule has 2 heterocycles. The van der Waals surface area contributed by atoms with Crippen molar-refractivity contribution in [3.63, 3.8) is 0 Å². The van der Waals surface area contributed by atoms with Gasteiger partial charge < -0.3 is 15.4 Å². The molecule has 2 aliphatic heterocycles. The van der Waals surface area contributed by atoms with Crippen LogP contribution in [0.4, 0.5) is 11.4 Å². The van der Waals surface area contributed by atoms with Crippen molar-refractivity contribution in [1.82, 2.24) is 0 Å². The van der Waals surface area contributed by atoms with Crippen LogP contribution >= 0.6 is 0 Å². The van der Waals surface area contributed by atoms with Gasteiger partial charge in [-0.25, -0.2) is 0 Å². The summed E-state index contributed by atoms with van der Waals surface area (Å²) >= 11 is 0. The molecule has 3 rings (SSSR count). The molecule has 1 fully saturated rings. The van der Waals surface area contributed by atoms with E-state index < -0.39 is 0 Å². The van der Waals surface area contributed by atoms with Crippen LogP contribution in [0.2, 0.25) is 0 Å². The van der Waals surface area contributed by atoms with Gasteiger partial charge in [-0.05, 0) is 49.8 Å². The molecule has 0 aromatic heterocycles. The molecule has 0 aliphatic carbocycles. The minimum atomic E-state index is -0.263. The van der Waals surface area contributed by atoms with Gasteiger partial charge in [0, 0.05) is 24.5 Å². The van der Waals surface area contributed by atoms with Gasteiger partial charge in [0.25, 0.3) is 5.91 Å². The molecule has 1 aromatic rings. The molecule has 2 aliphatic rings. The highest BCUT2D eigenvalue weighted by Gasteiger charge is 2.30. The molecule has 4 heteroatoms. The first-order chi connectivity index (χ1) is 9.25. The maximum Gasteiger partial charge on any atom is 0.256 e. The third-order valence-electron chi connectivity index (χ3n) is 3.95. The molecule has 1 atom stereocenters. The van der Waals surface area contributed by atoms with Gasteiger partial charge in [0.15, 0.2) is 0 Å². The molecule has 19 heavy (non-hydrogen) atoms. The van der Waals surface area contributed by atoms with Crippen LogP contribution in [0.1, 0.15) is 31.2 Å². The fourth-order valence-electron chi connectivity index (χ4n) is 2.93. The van der Waals surface area contributed by atoms with Gasteiger partial charge in [0.1, 0.15) is 6.10 Å². The van der Waals surface area contributed by atoms with Gasteiger partial charge in [0.05, 0.1) is 0 Å². The lowest BCUT2D eigenvalue weighted by Crippen LogP contribution is -2.44. The van der Waals surface area contributed by atoms with Gasteiger partial charge >= 0.3 is 0 Å². The fourth-order valence-corrected chi connectivity index (χ4v) is 2.93. The predicted octanol–water partition coefficient (Wildman–Crippen LogP) is 2.12. The lowest BCUT2D eigenvalue weighted by atomic mass is 9.99. The number of amides is 1. The Hall–Kier alpha value is -1.55. The van der Waals surface area contributed by atoms with Crippen molar-refractivity contribution in [3.8, 4) is 0 Å². The summed E-state index contributed by atoms with van der Waals surface area (Å²) in [6, 6.07) is 5.85. The molecule has 1 saturated heterocycles. The van der Waals surface area contributed by atoms with Crippen molar-refractivity contribution >= 4 is 17.3 Å². The van der Waals surface area contributed by atoms with Crippen LogP contribution < -0.4 is 10.6 Å². The van der Waals surface area contributed by atoms with Crippen molar-refractivity contribution in [1.29, 1.82) is 0 Å². The fraction of sp³-hybridized carbons (Fsp3) is 0.533. The number of rotatable bonds is 1. The Labute approximate surface area is 113 Å². The largest absolute Gasteiger partial charge is 0.399 e. The van der Waals surface area contributed by atoms with E-state index >= 15 is 0 Å². The second-order valence-corrected chi connectivity index (χ2v) is 5.34. The number of hydrogen-bond donors (Lipinski definition) is 1. The van der Waals surface area contributed by atoms with E-state index in [-0.39, 0.29) is 12.0 Å². The minimum Gasteiger partial charge on any atom is -0.399 e. The molecule has 4 nitrogen and oxygen atoms in total. The zero-order chi connectivity index (χ0) is 13.2.